The monoisotopic (exact) mass is 317 g/mol. The Morgan fingerprint density at radius 1 is 1.10 bits per heavy atom. The van der Waals surface area contributed by atoms with Gasteiger partial charge in [0.15, 0.2) is 0 Å². The van der Waals surface area contributed by atoms with Crippen LogP contribution >= 0.6 is 0 Å². The minimum atomic E-state index is -3.05. The first kappa shape index (κ1) is 17.2. The van der Waals surface area contributed by atoms with Crippen molar-refractivity contribution >= 4 is 10.0 Å². The maximum absolute atomic E-state index is 12.4. The number of sulfonamides is 1. The summed E-state index contributed by atoms with van der Waals surface area (Å²) in [6.07, 6.45) is 3.07. The molecule has 2 saturated heterocycles. The molecule has 0 unspecified atom stereocenters. The van der Waals surface area contributed by atoms with Crippen molar-refractivity contribution in [1.29, 1.82) is 0 Å². The van der Waals surface area contributed by atoms with Crippen LogP contribution in [0.4, 0.5) is 0 Å². The molecule has 2 aliphatic rings. The fraction of sp³-hybridized carbons (Fsp3) is 1.00. The molecule has 0 saturated carbocycles. The molecular weight excluding hydrogens is 286 g/mol. The Bertz CT molecular complexity index is 397. The van der Waals surface area contributed by atoms with E-state index in [0.717, 1.165) is 52.0 Å². The molecule has 1 N–H and O–H groups in total. The number of hydrogen-bond acceptors (Lipinski definition) is 4. The summed E-state index contributed by atoms with van der Waals surface area (Å²) < 4.78 is 26.6. The highest BCUT2D eigenvalue weighted by atomic mass is 32.2. The van der Waals surface area contributed by atoms with Crippen LogP contribution in [-0.2, 0) is 10.0 Å². The average Bonchev–Trinajstić information content (AvgIpc) is 2.46. The standard InChI is InChI=1S/C15H31N3O2S/c1-14(2)13-17-8-10-18(11-9-17)21(19,20)12-5-15-3-6-16-7-4-15/h14-16H,3-13H2,1-2H3. The van der Waals surface area contributed by atoms with Crippen molar-refractivity contribution < 1.29 is 8.42 Å². The van der Waals surface area contributed by atoms with Crippen LogP contribution < -0.4 is 5.32 Å². The average molecular weight is 317 g/mol. The van der Waals surface area contributed by atoms with Crippen LogP contribution in [0.1, 0.15) is 33.1 Å². The van der Waals surface area contributed by atoms with Crippen LogP contribution in [0.15, 0.2) is 0 Å². The second kappa shape index (κ2) is 7.90. The Labute approximate surface area is 130 Å². The largest absolute Gasteiger partial charge is 0.317 e. The van der Waals surface area contributed by atoms with E-state index in [1.165, 1.54) is 0 Å². The molecule has 0 aromatic rings. The smallest absolute Gasteiger partial charge is 0.214 e. The minimum absolute atomic E-state index is 0.335. The van der Waals surface area contributed by atoms with E-state index in [0.29, 0.717) is 30.7 Å². The van der Waals surface area contributed by atoms with E-state index in [2.05, 4.69) is 24.1 Å². The summed E-state index contributed by atoms with van der Waals surface area (Å²) in [6, 6.07) is 0. The van der Waals surface area contributed by atoms with E-state index in [9.17, 15) is 8.42 Å². The lowest BCUT2D eigenvalue weighted by Crippen LogP contribution is -2.50. The zero-order valence-electron chi connectivity index (χ0n) is 13.6. The highest BCUT2D eigenvalue weighted by Gasteiger charge is 2.27. The Hall–Kier alpha value is -0.170. The van der Waals surface area contributed by atoms with Gasteiger partial charge in [-0.25, -0.2) is 8.42 Å². The summed E-state index contributed by atoms with van der Waals surface area (Å²) in [7, 11) is -3.05. The van der Waals surface area contributed by atoms with Crippen molar-refractivity contribution in [2.45, 2.75) is 33.1 Å². The van der Waals surface area contributed by atoms with Crippen LogP contribution in [0, 0.1) is 11.8 Å². The molecule has 6 heteroatoms. The third kappa shape index (κ3) is 5.51. The molecule has 21 heavy (non-hydrogen) atoms. The second-order valence-electron chi connectivity index (χ2n) is 6.89. The van der Waals surface area contributed by atoms with Crippen LogP contribution in [-0.4, -0.2) is 69.2 Å². The van der Waals surface area contributed by atoms with Gasteiger partial charge in [-0.15, -0.1) is 0 Å². The van der Waals surface area contributed by atoms with E-state index in [1.54, 1.807) is 4.31 Å². The third-order valence-electron chi connectivity index (χ3n) is 4.59. The fourth-order valence-electron chi connectivity index (χ4n) is 3.32. The zero-order valence-corrected chi connectivity index (χ0v) is 14.4. The summed E-state index contributed by atoms with van der Waals surface area (Å²) in [5.74, 6) is 1.57. The SMILES string of the molecule is CC(C)CN1CCN(S(=O)(=O)CCC2CCNCC2)CC1. The first-order valence-electron chi connectivity index (χ1n) is 8.38. The molecule has 0 atom stereocenters. The predicted molar refractivity (Wildman–Crippen MR) is 86.8 cm³/mol. The Morgan fingerprint density at radius 2 is 1.71 bits per heavy atom. The molecule has 2 aliphatic heterocycles. The number of piperidine rings is 1. The summed E-state index contributed by atoms with van der Waals surface area (Å²) in [6.45, 7) is 10.7. The summed E-state index contributed by atoms with van der Waals surface area (Å²) in [4.78, 5) is 2.38. The van der Waals surface area contributed by atoms with Crippen molar-refractivity contribution in [2.75, 3.05) is 51.6 Å². The molecule has 0 amide bonds. The van der Waals surface area contributed by atoms with E-state index < -0.39 is 10.0 Å². The van der Waals surface area contributed by atoms with Crippen LogP contribution in [0.2, 0.25) is 0 Å². The van der Waals surface area contributed by atoms with Gasteiger partial charge in [0.05, 0.1) is 5.75 Å². The number of nitrogens with zero attached hydrogens (tertiary/aromatic N) is 2. The lowest BCUT2D eigenvalue weighted by atomic mass is 9.96. The van der Waals surface area contributed by atoms with Crippen LogP contribution in [0.3, 0.4) is 0 Å². The maximum atomic E-state index is 12.4. The Morgan fingerprint density at radius 3 is 2.29 bits per heavy atom. The van der Waals surface area contributed by atoms with Crippen LogP contribution in [0.5, 0.6) is 0 Å². The molecule has 0 bridgehead atoms. The van der Waals surface area contributed by atoms with Crippen molar-refractivity contribution in [1.82, 2.24) is 14.5 Å². The van der Waals surface area contributed by atoms with Gasteiger partial charge in [0.25, 0.3) is 0 Å². The van der Waals surface area contributed by atoms with E-state index >= 15 is 0 Å². The molecule has 124 valence electrons. The first-order valence-corrected chi connectivity index (χ1v) is 9.99. The molecule has 0 aliphatic carbocycles. The molecular formula is C15H31N3O2S. The Balaban J connectivity index is 1.75. The van der Waals surface area contributed by atoms with Gasteiger partial charge >= 0.3 is 0 Å². The first-order chi connectivity index (χ1) is 9.97. The maximum Gasteiger partial charge on any atom is 0.214 e. The Kier molecular flexibility index (Phi) is 6.47. The molecule has 0 radical (unpaired) electrons. The van der Waals surface area contributed by atoms with Gasteiger partial charge in [-0.2, -0.15) is 4.31 Å². The molecule has 5 nitrogen and oxygen atoms in total. The van der Waals surface area contributed by atoms with Gasteiger partial charge in [0, 0.05) is 32.7 Å². The molecule has 2 rings (SSSR count). The lowest BCUT2D eigenvalue weighted by Gasteiger charge is -2.35. The second-order valence-corrected chi connectivity index (χ2v) is 8.98. The van der Waals surface area contributed by atoms with Crippen molar-refractivity contribution in [2.24, 2.45) is 11.8 Å². The fourth-order valence-corrected chi connectivity index (χ4v) is 4.93. The molecule has 0 aromatic heterocycles. The van der Waals surface area contributed by atoms with E-state index in [4.69, 9.17) is 0 Å². The summed E-state index contributed by atoms with van der Waals surface area (Å²) >= 11 is 0. The molecule has 2 heterocycles. The van der Waals surface area contributed by atoms with Crippen LogP contribution in [0.25, 0.3) is 0 Å². The predicted octanol–water partition coefficient (Wildman–Crippen LogP) is 0.980. The molecule has 0 spiro atoms. The van der Waals surface area contributed by atoms with Crippen molar-refractivity contribution in [3.05, 3.63) is 0 Å². The lowest BCUT2D eigenvalue weighted by molar-refractivity contribution is 0.172. The minimum Gasteiger partial charge on any atom is -0.317 e. The summed E-state index contributed by atoms with van der Waals surface area (Å²) in [5.41, 5.74) is 0. The van der Waals surface area contributed by atoms with Gasteiger partial charge in [-0.3, -0.25) is 0 Å². The van der Waals surface area contributed by atoms with Gasteiger partial charge in [0.1, 0.15) is 0 Å². The van der Waals surface area contributed by atoms with Gasteiger partial charge in [0.2, 0.25) is 10.0 Å². The molecule has 2 fully saturated rings. The van der Waals surface area contributed by atoms with Gasteiger partial charge in [-0.1, -0.05) is 13.8 Å². The topological polar surface area (TPSA) is 52.7 Å². The zero-order chi connectivity index (χ0) is 15.3. The van der Waals surface area contributed by atoms with E-state index in [-0.39, 0.29) is 0 Å². The highest BCUT2D eigenvalue weighted by molar-refractivity contribution is 7.89. The quantitative estimate of drug-likeness (QED) is 0.793. The number of nitrogens with one attached hydrogen (secondary N) is 1. The molecule has 0 aromatic carbocycles. The van der Waals surface area contributed by atoms with E-state index in [1.807, 2.05) is 0 Å². The van der Waals surface area contributed by atoms with Gasteiger partial charge < -0.3 is 10.2 Å². The third-order valence-corrected chi connectivity index (χ3v) is 6.49. The van der Waals surface area contributed by atoms with Crippen molar-refractivity contribution in [3.63, 3.8) is 0 Å². The number of rotatable bonds is 6. The summed E-state index contributed by atoms with van der Waals surface area (Å²) in [5, 5.41) is 3.33. The highest BCUT2D eigenvalue weighted by Crippen LogP contribution is 2.18. The number of piperazine rings is 1. The van der Waals surface area contributed by atoms with Gasteiger partial charge in [-0.05, 0) is 44.2 Å². The number of hydrogen-bond donors (Lipinski definition) is 1. The van der Waals surface area contributed by atoms with Crippen molar-refractivity contribution in [3.8, 4) is 0 Å². The normalized spacial score (nSPS) is 23.8.